The maximum atomic E-state index is 2.65. The number of hydrogen-bond donors (Lipinski definition) is 0. The van der Waals surface area contributed by atoms with Gasteiger partial charge in [0.25, 0.3) is 5.82 Å². The van der Waals surface area contributed by atoms with E-state index in [0.717, 1.165) is 0 Å². The van der Waals surface area contributed by atoms with Crippen molar-refractivity contribution < 1.29 is 4.57 Å². The number of aryl methyl sites for hydroxylation is 2. The van der Waals surface area contributed by atoms with E-state index in [1.165, 1.54) is 276 Å². The number of unbranched alkanes of at least 4 members (excludes halogenated alkanes) is 37. The van der Waals surface area contributed by atoms with Gasteiger partial charge in [-0.3, -0.25) is 0 Å². The summed E-state index contributed by atoms with van der Waals surface area (Å²) in [6.07, 6.45) is 63.8. The van der Waals surface area contributed by atoms with Crippen LogP contribution < -0.4 is 4.57 Å². The summed E-state index contributed by atoms with van der Waals surface area (Å²) >= 11 is 0. The quantitative estimate of drug-likeness (QED) is 0.0471. The van der Waals surface area contributed by atoms with Gasteiger partial charge in [0.15, 0.2) is 0 Å². The summed E-state index contributed by atoms with van der Waals surface area (Å²) in [6, 6.07) is 0. The molecule has 2 heteroatoms. The maximum Gasteiger partial charge on any atom is 0.256 e. The molecular weight excluding hydrogens is 617 g/mol. The minimum atomic E-state index is 1.23. The molecular formula is C49H97N2+. The van der Waals surface area contributed by atoms with Crippen molar-refractivity contribution in [3.05, 3.63) is 18.2 Å². The van der Waals surface area contributed by atoms with Crippen molar-refractivity contribution in [1.29, 1.82) is 0 Å². The van der Waals surface area contributed by atoms with Crippen LogP contribution in [0.15, 0.2) is 12.4 Å². The zero-order valence-corrected chi connectivity index (χ0v) is 36.0. The van der Waals surface area contributed by atoms with Gasteiger partial charge in [-0.15, -0.1) is 0 Å². The van der Waals surface area contributed by atoms with Crippen LogP contribution in [-0.2, 0) is 19.5 Å². The highest BCUT2D eigenvalue weighted by atomic mass is 15.1. The highest BCUT2D eigenvalue weighted by Gasteiger charge is 2.16. The third-order valence-electron chi connectivity index (χ3n) is 11.8. The van der Waals surface area contributed by atoms with Crippen LogP contribution >= 0.6 is 0 Å². The second kappa shape index (κ2) is 40.4. The van der Waals surface area contributed by atoms with Gasteiger partial charge in [-0.05, 0) is 32.1 Å². The van der Waals surface area contributed by atoms with Crippen molar-refractivity contribution in [1.82, 2.24) is 4.57 Å². The van der Waals surface area contributed by atoms with E-state index in [0.29, 0.717) is 0 Å². The highest BCUT2D eigenvalue weighted by molar-refractivity contribution is 4.84. The van der Waals surface area contributed by atoms with Crippen molar-refractivity contribution in [2.75, 3.05) is 0 Å². The zero-order chi connectivity index (χ0) is 36.6. The number of aromatic nitrogens is 2. The molecule has 0 aromatic carbocycles. The van der Waals surface area contributed by atoms with Gasteiger partial charge >= 0.3 is 0 Å². The summed E-state index contributed by atoms with van der Waals surface area (Å²) in [6.45, 7) is 9.41. The van der Waals surface area contributed by atoms with E-state index in [1.807, 2.05) is 0 Å². The molecule has 0 aliphatic rings. The van der Waals surface area contributed by atoms with Gasteiger partial charge in [-0.25, -0.2) is 9.13 Å². The molecule has 0 spiro atoms. The normalized spacial score (nSPS) is 11.7. The second-order valence-corrected chi connectivity index (χ2v) is 16.9. The van der Waals surface area contributed by atoms with Crippen LogP contribution in [0.1, 0.15) is 283 Å². The van der Waals surface area contributed by atoms with E-state index >= 15 is 0 Å². The molecule has 1 aromatic heterocycles. The molecule has 0 saturated heterocycles. The van der Waals surface area contributed by atoms with E-state index in [9.17, 15) is 0 Å². The third-order valence-corrected chi connectivity index (χ3v) is 11.8. The lowest BCUT2D eigenvalue weighted by atomic mass is 10.0. The summed E-state index contributed by atoms with van der Waals surface area (Å²) < 4.78 is 5.29. The van der Waals surface area contributed by atoms with Crippen molar-refractivity contribution in [3.63, 3.8) is 0 Å². The van der Waals surface area contributed by atoms with E-state index < -0.39 is 0 Å². The second-order valence-electron chi connectivity index (χ2n) is 16.9. The minimum absolute atomic E-state index is 1.23. The van der Waals surface area contributed by atoms with Gasteiger partial charge in [0.05, 0.1) is 13.1 Å². The first-order valence-corrected chi connectivity index (χ1v) is 24.4. The molecule has 1 rings (SSSR count). The fourth-order valence-electron chi connectivity index (χ4n) is 8.27. The lowest BCUT2D eigenvalue weighted by Crippen LogP contribution is -2.37. The lowest BCUT2D eigenvalue weighted by molar-refractivity contribution is -0.704. The molecule has 1 aromatic rings. The predicted octanol–water partition coefficient (Wildman–Crippen LogP) is 17.0. The van der Waals surface area contributed by atoms with Gasteiger partial charge in [-0.1, -0.05) is 245 Å². The fraction of sp³-hybridized carbons (Fsp3) is 0.939. The number of imidazole rings is 1. The molecule has 0 atom stereocenters. The van der Waals surface area contributed by atoms with Crippen LogP contribution in [0.2, 0.25) is 0 Å². The molecule has 302 valence electrons. The predicted molar refractivity (Wildman–Crippen MR) is 230 cm³/mol. The molecule has 0 unspecified atom stereocenters. The number of rotatable bonds is 43. The van der Waals surface area contributed by atoms with Gasteiger partial charge < -0.3 is 0 Å². The largest absolute Gasteiger partial charge is 0.256 e. The van der Waals surface area contributed by atoms with E-state index in [1.54, 1.807) is 5.82 Å². The molecule has 0 N–H and O–H groups in total. The Morgan fingerprint density at radius 3 is 0.941 bits per heavy atom. The van der Waals surface area contributed by atoms with Crippen LogP contribution in [0.5, 0.6) is 0 Å². The van der Waals surface area contributed by atoms with Gasteiger partial charge in [0, 0.05) is 6.42 Å². The van der Waals surface area contributed by atoms with Crippen LogP contribution in [0.4, 0.5) is 0 Å². The van der Waals surface area contributed by atoms with Gasteiger partial charge in [0.2, 0.25) is 0 Å². The van der Waals surface area contributed by atoms with E-state index in [-0.39, 0.29) is 0 Å². The molecule has 0 aliphatic heterocycles. The monoisotopic (exact) mass is 714 g/mol. The Balaban J connectivity index is 2.18. The van der Waals surface area contributed by atoms with Crippen molar-refractivity contribution >= 4 is 0 Å². The Hall–Kier alpha value is -0.790. The summed E-state index contributed by atoms with van der Waals surface area (Å²) in [7, 11) is 0. The molecule has 0 aliphatic carbocycles. The molecule has 0 bridgehead atoms. The first-order valence-electron chi connectivity index (χ1n) is 24.4. The standard InChI is InChI=1S/C49H97N2/c1-4-7-10-13-16-18-20-22-24-26-28-30-32-34-37-40-43-46-51-48-47-50(45-42-39-36-15-12-9-6-3)49(51)44-41-38-35-33-31-29-27-25-23-21-19-17-14-11-8-5-2/h47-48H,4-46H2,1-3H3/q+1. The summed E-state index contributed by atoms with van der Waals surface area (Å²) in [5.41, 5.74) is 0. The minimum Gasteiger partial charge on any atom is -0.234 e. The number of hydrogen-bond acceptors (Lipinski definition) is 0. The van der Waals surface area contributed by atoms with Crippen LogP contribution in [0.25, 0.3) is 0 Å². The Labute approximate surface area is 323 Å². The van der Waals surface area contributed by atoms with Crippen LogP contribution in [0.3, 0.4) is 0 Å². The van der Waals surface area contributed by atoms with Crippen molar-refractivity contribution in [2.24, 2.45) is 0 Å². The average Bonchev–Trinajstić information content (AvgIpc) is 3.53. The summed E-state index contributed by atoms with van der Waals surface area (Å²) in [5.74, 6) is 1.63. The lowest BCUT2D eigenvalue weighted by Gasteiger charge is -2.07. The molecule has 1 heterocycles. The summed E-state index contributed by atoms with van der Waals surface area (Å²) in [4.78, 5) is 0. The topological polar surface area (TPSA) is 8.81 Å². The van der Waals surface area contributed by atoms with Crippen molar-refractivity contribution in [3.8, 4) is 0 Å². The molecule has 2 nitrogen and oxygen atoms in total. The molecule has 0 radical (unpaired) electrons. The molecule has 0 fully saturated rings. The van der Waals surface area contributed by atoms with E-state index in [4.69, 9.17) is 0 Å². The number of nitrogens with zero attached hydrogens (tertiary/aromatic N) is 2. The maximum absolute atomic E-state index is 2.65. The molecule has 51 heavy (non-hydrogen) atoms. The first-order chi connectivity index (χ1) is 25.3. The summed E-state index contributed by atoms with van der Waals surface area (Å²) in [5, 5.41) is 0. The average molecular weight is 714 g/mol. The Kier molecular flexibility index (Phi) is 38.2. The molecule has 0 amide bonds. The Morgan fingerprint density at radius 1 is 0.333 bits per heavy atom. The zero-order valence-electron chi connectivity index (χ0n) is 36.0. The Bertz CT molecular complexity index is 781. The van der Waals surface area contributed by atoms with Crippen LogP contribution in [-0.4, -0.2) is 4.57 Å². The highest BCUT2D eigenvalue weighted by Crippen LogP contribution is 2.17. The SMILES string of the molecule is CCCCCCCCCCCCCCCCCCCn1cc[n+](CCCCCCCCC)c1CCCCCCCCCCCCCCCCCC. The molecule has 0 saturated carbocycles. The Morgan fingerprint density at radius 2 is 0.608 bits per heavy atom. The van der Waals surface area contributed by atoms with Crippen molar-refractivity contribution in [2.45, 2.75) is 297 Å². The smallest absolute Gasteiger partial charge is 0.234 e. The third kappa shape index (κ3) is 32.4. The van der Waals surface area contributed by atoms with Gasteiger partial charge in [0.1, 0.15) is 12.4 Å². The van der Waals surface area contributed by atoms with E-state index in [2.05, 4.69) is 42.3 Å². The fourth-order valence-corrected chi connectivity index (χ4v) is 8.27. The first kappa shape index (κ1) is 48.2. The van der Waals surface area contributed by atoms with Gasteiger partial charge in [-0.2, -0.15) is 0 Å². The van der Waals surface area contributed by atoms with Crippen LogP contribution in [0, 0.1) is 0 Å².